The first-order valence-corrected chi connectivity index (χ1v) is 9.03. The van der Waals surface area contributed by atoms with Gasteiger partial charge in [0.05, 0.1) is 12.6 Å². The molecule has 0 saturated carbocycles. The van der Waals surface area contributed by atoms with E-state index < -0.39 is 23.4 Å². The third-order valence-electron chi connectivity index (χ3n) is 5.48. The highest BCUT2D eigenvalue weighted by atomic mass is 16.3. The fraction of sp³-hybridized carbons (Fsp3) is 0.526. The normalized spacial score (nSPS) is 26.1. The predicted octanol–water partition coefficient (Wildman–Crippen LogP) is -0.194. The van der Waals surface area contributed by atoms with E-state index in [-0.39, 0.29) is 36.6 Å². The number of nitrogens with two attached hydrogens (primary N) is 1. The van der Waals surface area contributed by atoms with Gasteiger partial charge in [0, 0.05) is 6.42 Å². The first-order valence-electron chi connectivity index (χ1n) is 9.03. The minimum Gasteiger partial charge on any atom is -0.508 e. The van der Waals surface area contributed by atoms with Crippen molar-refractivity contribution >= 4 is 17.7 Å². The Morgan fingerprint density at radius 3 is 2.70 bits per heavy atom. The number of hydrogen-bond acceptors (Lipinski definition) is 5. The highest BCUT2D eigenvalue weighted by Gasteiger charge is 2.54. The van der Waals surface area contributed by atoms with Gasteiger partial charge < -0.3 is 26.4 Å². The molecule has 2 heterocycles. The molecule has 1 unspecified atom stereocenters. The molecule has 0 radical (unpaired) electrons. The van der Waals surface area contributed by atoms with Gasteiger partial charge in [-0.05, 0) is 42.1 Å². The number of rotatable bonds is 4. The molecule has 8 nitrogen and oxygen atoms in total. The minimum absolute atomic E-state index is 0.0743. The Labute approximate surface area is 158 Å². The summed E-state index contributed by atoms with van der Waals surface area (Å²) in [6.07, 6.45) is 0.818. The van der Waals surface area contributed by atoms with Crippen LogP contribution in [0.25, 0.3) is 0 Å². The number of amides is 3. The van der Waals surface area contributed by atoms with Gasteiger partial charge in [-0.25, -0.2) is 0 Å². The summed E-state index contributed by atoms with van der Waals surface area (Å²) in [7, 11) is 1.64. The number of primary amides is 1. The first kappa shape index (κ1) is 19.2. The first-order chi connectivity index (χ1) is 12.7. The SMILES string of the molecule is CNCC(=O)N[C@H]1Cc2cc(O)ccc2[C@H]2CC(C)(C)C(C(N)=O)N2C1=O. The lowest BCUT2D eigenvalue weighted by molar-refractivity contribution is -0.143. The number of fused-ring (bicyclic) bond motifs is 3. The number of phenolic OH excluding ortho intramolecular Hbond substituents is 1. The Morgan fingerprint density at radius 2 is 2.07 bits per heavy atom. The number of nitrogens with one attached hydrogen (secondary N) is 2. The third-order valence-corrected chi connectivity index (χ3v) is 5.48. The Morgan fingerprint density at radius 1 is 1.37 bits per heavy atom. The summed E-state index contributed by atoms with van der Waals surface area (Å²) in [6.45, 7) is 3.91. The molecule has 146 valence electrons. The molecular weight excluding hydrogens is 348 g/mol. The molecule has 3 rings (SSSR count). The van der Waals surface area contributed by atoms with Gasteiger partial charge in [-0.2, -0.15) is 0 Å². The van der Waals surface area contributed by atoms with Crippen LogP contribution < -0.4 is 16.4 Å². The molecule has 1 fully saturated rings. The molecule has 0 aromatic heterocycles. The lowest BCUT2D eigenvalue weighted by atomic mass is 9.81. The van der Waals surface area contributed by atoms with Crippen molar-refractivity contribution in [3.05, 3.63) is 29.3 Å². The van der Waals surface area contributed by atoms with E-state index in [1.165, 1.54) is 4.90 Å². The maximum Gasteiger partial charge on any atom is 0.246 e. The number of hydrogen-bond donors (Lipinski definition) is 4. The molecule has 3 atom stereocenters. The summed E-state index contributed by atoms with van der Waals surface area (Å²) in [5.74, 6) is -1.10. The maximum absolute atomic E-state index is 13.3. The van der Waals surface area contributed by atoms with Gasteiger partial charge in [0.2, 0.25) is 17.7 Å². The summed E-state index contributed by atoms with van der Waals surface area (Å²) in [5.41, 5.74) is 6.82. The molecule has 3 amide bonds. The van der Waals surface area contributed by atoms with Crippen molar-refractivity contribution in [3.63, 3.8) is 0 Å². The second-order valence-corrected chi connectivity index (χ2v) is 8.00. The number of nitrogens with zero attached hydrogens (tertiary/aromatic N) is 1. The largest absolute Gasteiger partial charge is 0.508 e. The molecule has 1 saturated heterocycles. The number of benzene rings is 1. The third kappa shape index (κ3) is 3.37. The average molecular weight is 374 g/mol. The Balaban J connectivity index is 2.09. The highest BCUT2D eigenvalue weighted by Crippen LogP contribution is 2.50. The van der Waals surface area contributed by atoms with E-state index in [0.29, 0.717) is 6.42 Å². The van der Waals surface area contributed by atoms with E-state index in [2.05, 4.69) is 10.6 Å². The zero-order valence-corrected chi connectivity index (χ0v) is 15.8. The summed E-state index contributed by atoms with van der Waals surface area (Å²) in [4.78, 5) is 39.2. The zero-order chi connectivity index (χ0) is 19.9. The second kappa shape index (κ2) is 6.84. The summed E-state index contributed by atoms with van der Waals surface area (Å²) < 4.78 is 0. The van der Waals surface area contributed by atoms with Crippen LogP contribution in [0.2, 0.25) is 0 Å². The molecule has 0 spiro atoms. The number of phenols is 1. The van der Waals surface area contributed by atoms with Gasteiger partial charge in [-0.1, -0.05) is 19.9 Å². The van der Waals surface area contributed by atoms with Gasteiger partial charge in [0.1, 0.15) is 17.8 Å². The van der Waals surface area contributed by atoms with Gasteiger partial charge in [-0.3, -0.25) is 14.4 Å². The Bertz CT molecular complexity index is 792. The zero-order valence-electron chi connectivity index (χ0n) is 15.8. The Hall–Kier alpha value is -2.61. The molecule has 1 aromatic rings. The van der Waals surface area contributed by atoms with E-state index >= 15 is 0 Å². The summed E-state index contributed by atoms with van der Waals surface area (Å²) in [6, 6.07) is 3.06. The maximum atomic E-state index is 13.3. The molecule has 2 aliphatic rings. The van der Waals surface area contributed by atoms with Crippen molar-refractivity contribution in [1.29, 1.82) is 0 Å². The predicted molar refractivity (Wildman–Crippen MR) is 98.6 cm³/mol. The van der Waals surface area contributed by atoms with Crippen molar-refractivity contribution < 1.29 is 19.5 Å². The van der Waals surface area contributed by atoms with Crippen LogP contribution in [0.15, 0.2) is 18.2 Å². The molecule has 27 heavy (non-hydrogen) atoms. The second-order valence-electron chi connectivity index (χ2n) is 8.00. The summed E-state index contributed by atoms with van der Waals surface area (Å²) in [5, 5.41) is 15.4. The molecule has 8 heteroatoms. The van der Waals surface area contributed by atoms with Crippen LogP contribution in [-0.4, -0.2) is 53.4 Å². The minimum atomic E-state index is -0.827. The number of likely N-dealkylation sites (N-methyl/N-ethyl adjacent to an activating group) is 1. The standard InChI is InChI=1S/C19H26N4O4/c1-19(2)8-14-12-5-4-11(24)6-10(12)7-13(22-15(25)9-21-3)18(27)23(14)16(19)17(20)26/h4-6,13-14,16,21,24H,7-9H2,1-3H3,(H2,20,26)(H,22,25)/t13-,14+,16?/m0/s1. The molecule has 5 N–H and O–H groups in total. The van der Waals surface area contributed by atoms with E-state index in [1.807, 2.05) is 13.8 Å². The van der Waals surface area contributed by atoms with Gasteiger partial charge in [0.25, 0.3) is 0 Å². The smallest absolute Gasteiger partial charge is 0.246 e. The van der Waals surface area contributed by atoms with Crippen LogP contribution in [0.4, 0.5) is 0 Å². The van der Waals surface area contributed by atoms with Gasteiger partial charge in [-0.15, -0.1) is 0 Å². The molecule has 1 aromatic carbocycles. The fourth-order valence-electron chi connectivity index (χ4n) is 4.43. The van der Waals surface area contributed by atoms with Crippen molar-refractivity contribution in [1.82, 2.24) is 15.5 Å². The van der Waals surface area contributed by atoms with E-state index in [4.69, 9.17) is 5.73 Å². The van der Waals surface area contributed by atoms with Crippen LogP contribution in [0.5, 0.6) is 5.75 Å². The van der Waals surface area contributed by atoms with Crippen LogP contribution in [-0.2, 0) is 20.8 Å². The number of carbonyl (C=O) groups is 3. The van der Waals surface area contributed by atoms with Crippen LogP contribution in [0.3, 0.4) is 0 Å². The lowest BCUT2D eigenvalue weighted by Gasteiger charge is -2.33. The molecule has 2 aliphatic heterocycles. The fourth-order valence-corrected chi connectivity index (χ4v) is 4.43. The average Bonchev–Trinajstić information content (AvgIpc) is 2.80. The summed E-state index contributed by atoms with van der Waals surface area (Å²) >= 11 is 0. The van der Waals surface area contributed by atoms with Gasteiger partial charge >= 0.3 is 0 Å². The number of carbonyl (C=O) groups excluding carboxylic acids is 3. The van der Waals surface area contributed by atoms with Gasteiger partial charge in [0.15, 0.2) is 0 Å². The van der Waals surface area contributed by atoms with E-state index in [0.717, 1.165) is 11.1 Å². The molecule has 0 bridgehead atoms. The quantitative estimate of drug-likeness (QED) is 0.581. The van der Waals surface area contributed by atoms with Crippen LogP contribution in [0.1, 0.15) is 37.4 Å². The van der Waals surface area contributed by atoms with Crippen LogP contribution >= 0.6 is 0 Å². The number of aromatic hydroxyl groups is 1. The monoisotopic (exact) mass is 374 g/mol. The highest BCUT2D eigenvalue weighted by molar-refractivity contribution is 5.94. The van der Waals surface area contributed by atoms with E-state index in [1.54, 1.807) is 25.2 Å². The van der Waals surface area contributed by atoms with Crippen molar-refractivity contribution in [2.75, 3.05) is 13.6 Å². The van der Waals surface area contributed by atoms with E-state index in [9.17, 15) is 19.5 Å². The molecular formula is C19H26N4O4. The lowest BCUT2D eigenvalue weighted by Crippen LogP contribution is -2.56. The Kier molecular flexibility index (Phi) is 4.86. The topological polar surface area (TPSA) is 125 Å². The van der Waals surface area contributed by atoms with Crippen molar-refractivity contribution in [3.8, 4) is 5.75 Å². The van der Waals surface area contributed by atoms with Crippen molar-refractivity contribution in [2.45, 2.75) is 44.8 Å². The van der Waals surface area contributed by atoms with Crippen LogP contribution in [0, 0.1) is 5.41 Å². The van der Waals surface area contributed by atoms with Crippen molar-refractivity contribution in [2.24, 2.45) is 11.1 Å². The molecule has 0 aliphatic carbocycles.